The summed E-state index contributed by atoms with van der Waals surface area (Å²) in [6.07, 6.45) is 3.15. The maximum Gasteiger partial charge on any atom is 0.302 e. The van der Waals surface area contributed by atoms with Gasteiger partial charge >= 0.3 is 5.97 Å². The van der Waals surface area contributed by atoms with E-state index in [1.54, 1.807) is 6.92 Å². The van der Waals surface area contributed by atoms with E-state index >= 15 is 0 Å². The summed E-state index contributed by atoms with van der Waals surface area (Å²) in [6.45, 7) is 3.38. The van der Waals surface area contributed by atoms with Gasteiger partial charge in [0, 0.05) is 13.8 Å². The average molecular weight is 211 g/mol. The van der Waals surface area contributed by atoms with Gasteiger partial charge in [0.15, 0.2) is 5.90 Å². The van der Waals surface area contributed by atoms with E-state index < -0.39 is 0 Å². The van der Waals surface area contributed by atoms with Crippen molar-refractivity contribution in [2.24, 2.45) is 4.99 Å². The third-order valence-corrected chi connectivity index (χ3v) is 2.18. The van der Waals surface area contributed by atoms with Crippen molar-refractivity contribution in [2.75, 3.05) is 6.61 Å². The first kappa shape index (κ1) is 10.4. The highest BCUT2D eigenvalue weighted by Gasteiger charge is 2.37. The monoisotopic (exact) mass is 211 g/mol. The van der Waals surface area contributed by atoms with Crippen molar-refractivity contribution in [3.8, 4) is 0 Å². The Bertz CT molecular complexity index is 289. The van der Waals surface area contributed by atoms with Crippen LogP contribution in [0.15, 0.2) is 4.99 Å². The van der Waals surface area contributed by atoms with E-state index in [9.17, 15) is 4.79 Å². The van der Waals surface area contributed by atoms with Crippen LogP contribution in [-0.2, 0) is 19.0 Å². The van der Waals surface area contributed by atoms with Gasteiger partial charge in [-0.05, 0) is 12.8 Å². The number of carbonyl (C=O) groups excluding carboxylic acids is 1. The number of aliphatic imine (C=N–C) groups is 1. The molecule has 0 spiro atoms. The Labute approximate surface area is 88.4 Å². The van der Waals surface area contributed by atoms with Crippen molar-refractivity contribution in [1.29, 1.82) is 0 Å². The highest BCUT2D eigenvalue weighted by Crippen LogP contribution is 2.26. The molecule has 2 heterocycles. The lowest BCUT2D eigenvalue weighted by atomic mass is 10.1. The summed E-state index contributed by atoms with van der Waals surface area (Å²) in [5.41, 5.74) is 0. The zero-order valence-electron chi connectivity index (χ0n) is 8.67. The largest absolute Gasteiger partial charge is 0.463 e. The minimum absolute atomic E-state index is 0.0569. The van der Waals surface area contributed by atoms with Crippen molar-refractivity contribution in [3.63, 3.8) is 0 Å². The van der Waals surface area contributed by atoms with Crippen LogP contribution in [0.4, 0.5) is 0 Å². The second kappa shape index (κ2) is 4.18. The van der Waals surface area contributed by atoms with Crippen molar-refractivity contribution >= 4 is 11.9 Å². The summed E-state index contributed by atoms with van der Waals surface area (Å²) < 4.78 is 15.7. The lowest BCUT2D eigenvalue weighted by Crippen LogP contribution is -2.39. The fourth-order valence-electron chi connectivity index (χ4n) is 1.53. The summed E-state index contributed by atoms with van der Waals surface area (Å²) in [7, 11) is 0. The average Bonchev–Trinajstić information content (AvgIpc) is 2.53. The van der Waals surface area contributed by atoms with Gasteiger partial charge in [0.1, 0.15) is 12.6 Å². The van der Waals surface area contributed by atoms with Crippen molar-refractivity contribution in [1.82, 2.24) is 0 Å². The van der Waals surface area contributed by atoms with Crippen LogP contribution in [-0.4, -0.2) is 36.9 Å². The van der Waals surface area contributed by atoms with E-state index in [-0.39, 0.29) is 31.0 Å². The third-order valence-electron chi connectivity index (χ3n) is 2.18. The zero-order chi connectivity index (χ0) is 10.8. The SMILES string of the molecule is CC(=O)OCC1[CH][CH]C2N=C(C)OC2O1. The van der Waals surface area contributed by atoms with Gasteiger partial charge in [-0.3, -0.25) is 4.79 Å². The van der Waals surface area contributed by atoms with Gasteiger partial charge in [0.2, 0.25) is 6.29 Å². The molecule has 5 nitrogen and oxygen atoms in total. The Balaban J connectivity index is 1.81. The molecule has 0 amide bonds. The standard InChI is InChI=1S/C10H13NO4/c1-6-11-9-4-3-8(5-13-7(2)12)15-10(9)14-6/h3-4,8-10H,5H2,1-2H3. The van der Waals surface area contributed by atoms with Gasteiger partial charge in [0.05, 0.1) is 6.10 Å². The molecule has 1 saturated heterocycles. The number of hydrogen-bond donors (Lipinski definition) is 0. The maximum absolute atomic E-state index is 10.6. The maximum atomic E-state index is 10.6. The van der Waals surface area contributed by atoms with E-state index in [4.69, 9.17) is 14.2 Å². The van der Waals surface area contributed by atoms with E-state index in [0.29, 0.717) is 5.90 Å². The molecule has 0 bridgehead atoms. The van der Waals surface area contributed by atoms with Gasteiger partial charge in [-0.1, -0.05) is 0 Å². The lowest BCUT2D eigenvalue weighted by Gasteiger charge is -2.29. The number of carbonyl (C=O) groups is 1. The number of fused-ring (bicyclic) bond motifs is 1. The Hall–Kier alpha value is -1.10. The lowest BCUT2D eigenvalue weighted by molar-refractivity contribution is -0.159. The van der Waals surface area contributed by atoms with Crippen molar-refractivity contribution < 1.29 is 19.0 Å². The first-order valence-corrected chi connectivity index (χ1v) is 4.83. The van der Waals surface area contributed by atoms with Crippen molar-refractivity contribution in [2.45, 2.75) is 32.3 Å². The quantitative estimate of drug-likeness (QED) is 0.624. The van der Waals surface area contributed by atoms with E-state index in [1.807, 2.05) is 12.8 Å². The van der Waals surface area contributed by atoms with Crippen LogP contribution in [0.5, 0.6) is 0 Å². The molecule has 3 unspecified atom stereocenters. The number of hydrogen-bond acceptors (Lipinski definition) is 5. The third kappa shape index (κ3) is 2.47. The molecule has 82 valence electrons. The van der Waals surface area contributed by atoms with E-state index in [1.165, 1.54) is 6.92 Å². The topological polar surface area (TPSA) is 57.1 Å². The van der Waals surface area contributed by atoms with Crippen LogP contribution in [0.1, 0.15) is 13.8 Å². The molecular weight excluding hydrogens is 198 g/mol. The minimum Gasteiger partial charge on any atom is -0.463 e. The van der Waals surface area contributed by atoms with Crippen LogP contribution in [0.25, 0.3) is 0 Å². The number of esters is 1. The van der Waals surface area contributed by atoms with E-state index in [2.05, 4.69) is 4.99 Å². The summed E-state index contributed by atoms with van der Waals surface area (Å²) in [5, 5.41) is 0. The number of nitrogens with zero attached hydrogens (tertiary/aromatic N) is 1. The number of rotatable bonds is 2. The zero-order valence-corrected chi connectivity index (χ0v) is 8.67. The van der Waals surface area contributed by atoms with Crippen LogP contribution in [0.3, 0.4) is 0 Å². The van der Waals surface area contributed by atoms with Gasteiger partial charge in [-0.2, -0.15) is 0 Å². The Morgan fingerprint density at radius 3 is 3.13 bits per heavy atom. The van der Waals surface area contributed by atoms with Gasteiger partial charge in [0.25, 0.3) is 0 Å². The molecule has 0 N–H and O–H groups in total. The molecule has 1 fully saturated rings. The predicted molar refractivity (Wildman–Crippen MR) is 51.9 cm³/mol. The summed E-state index contributed by atoms with van der Waals surface area (Å²) >= 11 is 0. The van der Waals surface area contributed by atoms with Crippen LogP contribution in [0.2, 0.25) is 0 Å². The fourth-order valence-corrected chi connectivity index (χ4v) is 1.53. The van der Waals surface area contributed by atoms with Gasteiger partial charge < -0.3 is 14.2 Å². The normalized spacial score (nSPS) is 34.0. The molecule has 0 aromatic rings. The smallest absolute Gasteiger partial charge is 0.302 e. The molecule has 2 rings (SSSR count). The fraction of sp³-hybridized carbons (Fsp3) is 0.600. The van der Waals surface area contributed by atoms with Gasteiger partial charge in [-0.15, -0.1) is 0 Å². The molecular formula is C10H13NO4. The summed E-state index contributed by atoms with van der Waals surface area (Å²) in [4.78, 5) is 14.8. The molecule has 2 aliphatic rings. The molecule has 5 heteroatoms. The first-order chi connectivity index (χ1) is 7.15. The predicted octanol–water partition coefficient (Wildman–Crippen LogP) is 0.500. The Morgan fingerprint density at radius 2 is 2.40 bits per heavy atom. The van der Waals surface area contributed by atoms with E-state index in [0.717, 1.165) is 0 Å². The Kier molecular flexibility index (Phi) is 2.90. The molecule has 0 aliphatic carbocycles. The first-order valence-electron chi connectivity index (χ1n) is 4.83. The number of ether oxygens (including phenoxy) is 3. The second-order valence-corrected chi connectivity index (χ2v) is 3.49. The molecule has 0 saturated carbocycles. The molecule has 0 aromatic carbocycles. The van der Waals surface area contributed by atoms with Crippen molar-refractivity contribution in [3.05, 3.63) is 12.8 Å². The molecule has 2 radical (unpaired) electrons. The highest BCUT2D eigenvalue weighted by atomic mass is 16.7. The molecule has 15 heavy (non-hydrogen) atoms. The highest BCUT2D eigenvalue weighted by molar-refractivity contribution is 5.75. The Morgan fingerprint density at radius 1 is 1.60 bits per heavy atom. The molecule has 2 aliphatic heterocycles. The minimum atomic E-state index is -0.365. The van der Waals surface area contributed by atoms with Crippen LogP contribution in [0, 0.1) is 12.8 Å². The summed E-state index contributed by atoms with van der Waals surface area (Å²) in [5.74, 6) is 0.316. The molecule has 0 aromatic heterocycles. The van der Waals surface area contributed by atoms with Gasteiger partial charge in [-0.25, -0.2) is 4.99 Å². The van der Waals surface area contributed by atoms with Crippen LogP contribution < -0.4 is 0 Å². The second-order valence-electron chi connectivity index (χ2n) is 3.49. The summed E-state index contributed by atoms with van der Waals surface area (Å²) in [6, 6.07) is -0.0569. The van der Waals surface area contributed by atoms with Crippen LogP contribution >= 0.6 is 0 Å². The molecule has 3 atom stereocenters.